The van der Waals surface area contributed by atoms with E-state index in [4.69, 9.17) is 23.1 Å². The highest BCUT2D eigenvalue weighted by atomic mass is 28.4. The van der Waals surface area contributed by atoms with Crippen LogP contribution in [0.4, 0.5) is 0 Å². The molecule has 3 aliphatic carbocycles. The molecule has 7 heteroatoms. The van der Waals surface area contributed by atoms with Crippen LogP contribution in [0.5, 0.6) is 11.5 Å². The number of methoxy groups -OCH3 is 2. The van der Waals surface area contributed by atoms with Gasteiger partial charge in [-0.25, -0.2) is 0 Å². The molecule has 3 aliphatic rings. The highest BCUT2D eigenvalue weighted by molar-refractivity contribution is 6.74. The van der Waals surface area contributed by atoms with Gasteiger partial charge < -0.3 is 23.1 Å². The maximum atomic E-state index is 7.17. The smallest absolute Gasteiger partial charge is 0.192 e. The van der Waals surface area contributed by atoms with Crippen molar-refractivity contribution in [3.63, 3.8) is 0 Å². The summed E-state index contributed by atoms with van der Waals surface area (Å²) in [5.74, 6) is 3.72. The van der Waals surface area contributed by atoms with Gasteiger partial charge in [0.2, 0.25) is 0 Å². The van der Waals surface area contributed by atoms with Gasteiger partial charge in [-0.15, -0.1) is 0 Å². The van der Waals surface area contributed by atoms with Crippen LogP contribution in [0.15, 0.2) is 30.4 Å². The summed E-state index contributed by atoms with van der Waals surface area (Å²) in [7, 11) is -0.399. The van der Waals surface area contributed by atoms with E-state index in [0.717, 1.165) is 49.5 Å². The van der Waals surface area contributed by atoms with Crippen molar-refractivity contribution in [1.82, 2.24) is 0 Å². The Morgan fingerprint density at radius 3 is 1.96 bits per heavy atom. The van der Waals surface area contributed by atoms with Crippen molar-refractivity contribution in [2.75, 3.05) is 27.4 Å². The molecule has 5 nitrogen and oxygen atoms in total. The molecule has 274 valence electrons. The first-order valence-corrected chi connectivity index (χ1v) is 24.7. The molecule has 1 aromatic rings. The molecule has 0 bridgehead atoms. The summed E-state index contributed by atoms with van der Waals surface area (Å²) in [4.78, 5) is 0. The van der Waals surface area contributed by atoms with E-state index in [2.05, 4.69) is 100 Å². The van der Waals surface area contributed by atoms with Gasteiger partial charge in [0.1, 0.15) is 11.5 Å². The van der Waals surface area contributed by atoms with Gasteiger partial charge in [-0.05, 0) is 133 Å². The molecular weight excluding hydrogens is 629 g/mol. The van der Waals surface area contributed by atoms with Crippen molar-refractivity contribution in [3.8, 4) is 11.5 Å². The number of hydrogen-bond donors (Lipinski definition) is 0. The number of allylic oxidation sites excluding steroid dienone is 1. The van der Waals surface area contributed by atoms with Crippen LogP contribution in [0.1, 0.15) is 106 Å². The van der Waals surface area contributed by atoms with Gasteiger partial charge in [0.25, 0.3) is 0 Å². The molecule has 3 fully saturated rings. The van der Waals surface area contributed by atoms with Gasteiger partial charge in [0, 0.05) is 18.8 Å². The van der Waals surface area contributed by atoms with Crippen molar-refractivity contribution >= 4 is 16.6 Å². The first-order chi connectivity index (χ1) is 22.1. The Hall–Kier alpha value is -1.13. The topological polar surface area (TPSA) is 46.2 Å². The third-order valence-corrected chi connectivity index (χ3v) is 23.5. The van der Waals surface area contributed by atoms with Gasteiger partial charge in [-0.3, -0.25) is 0 Å². The minimum Gasteiger partial charge on any atom is -0.497 e. The van der Waals surface area contributed by atoms with Crippen molar-refractivity contribution in [3.05, 3.63) is 35.9 Å². The van der Waals surface area contributed by atoms with E-state index in [1.54, 1.807) is 14.2 Å². The molecular formula is C41H72O5Si2. The lowest BCUT2D eigenvalue weighted by Crippen LogP contribution is -2.54. The number of ether oxygens (including phenoxy) is 3. The van der Waals surface area contributed by atoms with Gasteiger partial charge in [0.15, 0.2) is 16.6 Å². The first-order valence-electron chi connectivity index (χ1n) is 18.9. The van der Waals surface area contributed by atoms with Crippen molar-refractivity contribution in [1.29, 1.82) is 0 Å². The first kappa shape index (κ1) is 39.7. The van der Waals surface area contributed by atoms with Crippen LogP contribution in [0.3, 0.4) is 0 Å². The zero-order valence-corrected chi connectivity index (χ0v) is 35.4. The van der Waals surface area contributed by atoms with Crippen LogP contribution in [-0.4, -0.2) is 50.2 Å². The number of benzene rings is 1. The lowest BCUT2D eigenvalue weighted by atomic mass is 9.49. The minimum atomic E-state index is -1.92. The largest absolute Gasteiger partial charge is 0.497 e. The van der Waals surface area contributed by atoms with E-state index in [1.165, 1.54) is 31.3 Å². The fraction of sp³-hybridized carbons (Fsp3) is 0.805. The average molecular weight is 701 g/mol. The predicted molar refractivity (Wildman–Crippen MR) is 206 cm³/mol. The lowest BCUT2D eigenvalue weighted by Gasteiger charge is -2.58. The van der Waals surface area contributed by atoms with Gasteiger partial charge >= 0.3 is 0 Å². The minimum absolute atomic E-state index is 0.161. The van der Waals surface area contributed by atoms with Gasteiger partial charge in [-0.1, -0.05) is 67.5 Å². The van der Waals surface area contributed by atoms with Crippen LogP contribution in [0, 0.1) is 34.5 Å². The Kier molecular flexibility index (Phi) is 12.0. The summed E-state index contributed by atoms with van der Waals surface area (Å²) >= 11 is 0. The normalized spacial score (nSPS) is 31.9. The third-order valence-electron chi connectivity index (χ3n) is 14.4. The molecule has 4 rings (SSSR count). The summed E-state index contributed by atoms with van der Waals surface area (Å²) in [6, 6.07) is 6.07. The molecule has 48 heavy (non-hydrogen) atoms. The lowest BCUT2D eigenvalue weighted by molar-refractivity contribution is -0.110. The van der Waals surface area contributed by atoms with Crippen LogP contribution in [-0.2, 0) is 20.2 Å². The molecule has 0 N–H and O–H groups in total. The Morgan fingerprint density at radius 2 is 1.40 bits per heavy atom. The Morgan fingerprint density at radius 1 is 0.792 bits per heavy atom. The molecule has 0 unspecified atom stereocenters. The summed E-state index contributed by atoms with van der Waals surface area (Å²) in [5.41, 5.74) is 2.92. The molecule has 0 aromatic heterocycles. The Bertz CT molecular complexity index is 1240. The standard InChI is InChI=1S/C41H72O5Si2/c1-29-16-17-36-35(28-44-26-30-22-33(42-10)25-34(23-30)43-11)37(19-21-40(29,36)8)41(9)20-18-32(46-48(14,15)39(5,6)7)24-31(41)27-45-47(12,13)38(2,3)4/h22-23,25,31-32,35-37H,1,16-21,24,26-28H2,2-15H3/t31-,32+,35+,36+,37+,40-,41+/m1/s1. The Labute approximate surface area is 297 Å². The average Bonchev–Trinajstić information content (AvgIpc) is 3.29. The summed E-state index contributed by atoms with van der Waals surface area (Å²) < 4.78 is 32.2. The summed E-state index contributed by atoms with van der Waals surface area (Å²) in [6.45, 7) is 35.8. The summed E-state index contributed by atoms with van der Waals surface area (Å²) in [5, 5.41) is 0.389. The van der Waals surface area contributed by atoms with Crippen molar-refractivity contribution < 1.29 is 23.1 Å². The molecule has 0 saturated heterocycles. The van der Waals surface area contributed by atoms with E-state index in [0.29, 0.717) is 36.4 Å². The van der Waals surface area contributed by atoms with E-state index < -0.39 is 16.6 Å². The number of rotatable bonds is 12. The third kappa shape index (κ3) is 8.16. The molecule has 0 aliphatic heterocycles. The van der Waals surface area contributed by atoms with Crippen LogP contribution >= 0.6 is 0 Å². The zero-order chi connectivity index (χ0) is 35.9. The number of hydrogen-bond acceptors (Lipinski definition) is 5. The highest BCUT2D eigenvalue weighted by Crippen LogP contribution is 2.64. The zero-order valence-electron chi connectivity index (χ0n) is 33.4. The molecule has 1 aromatic carbocycles. The molecule has 3 saturated carbocycles. The van der Waals surface area contributed by atoms with E-state index in [1.807, 2.05) is 6.07 Å². The monoisotopic (exact) mass is 700 g/mol. The van der Waals surface area contributed by atoms with Crippen molar-refractivity contribution in [2.45, 2.75) is 149 Å². The van der Waals surface area contributed by atoms with Crippen LogP contribution < -0.4 is 9.47 Å². The second kappa shape index (κ2) is 14.5. The molecule has 7 atom stereocenters. The van der Waals surface area contributed by atoms with Gasteiger partial charge in [-0.2, -0.15) is 0 Å². The second-order valence-electron chi connectivity index (χ2n) is 19.3. The maximum Gasteiger partial charge on any atom is 0.192 e. The van der Waals surface area contributed by atoms with E-state index in [9.17, 15) is 0 Å². The summed E-state index contributed by atoms with van der Waals surface area (Å²) in [6.07, 6.45) is 8.58. The van der Waals surface area contributed by atoms with Gasteiger partial charge in [0.05, 0.1) is 27.4 Å². The fourth-order valence-corrected chi connectivity index (χ4v) is 11.3. The quantitative estimate of drug-likeness (QED) is 0.160. The van der Waals surface area contributed by atoms with E-state index >= 15 is 0 Å². The Balaban J connectivity index is 1.64. The van der Waals surface area contributed by atoms with E-state index in [-0.39, 0.29) is 20.9 Å². The van der Waals surface area contributed by atoms with Crippen LogP contribution in [0.2, 0.25) is 36.3 Å². The molecule has 0 spiro atoms. The SMILES string of the molecule is C=C1CC[C@H]2[C@H](COCc3cc(OC)cc(OC)c3)[C@@H]([C@@]3(C)CC[C@H](O[Si](C)(C)C(C)(C)C)C[C@@H]3CO[Si](C)(C)C(C)(C)C)CC[C@]12C. The van der Waals surface area contributed by atoms with Crippen molar-refractivity contribution in [2.24, 2.45) is 34.5 Å². The molecule has 0 amide bonds. The van der Waals surface area contributed by atoms with Crippen LogP contribution in [0.25, 0.3) is 0 Å². The molecule has 0 heterocycles. The number of fused-ring (bicyclic) bond motifs is 1. The second-order valence-corrected chi connectivity index (χ2v) is 28.8. The predicted octanol–water partition coefficient (Wildman–Crippen LogP) is 11.4. The maximum absolute atomic E-state index is 7.17. The highest BCUT2D eigenvalue weighted by Gasteiger charge is 2.57. The fourth-order valence-electron chi connectivity index (χ4n) is 8.86. The molecule has 0 radical (unpaired) electrons.